The van der Waals surface area contributed by atoms with Crippen LogP contribution in [0.2, 0.25) is 5.02 Å². The Morgan fingerprint density at radius 2 is 1.71 bits per heavy atom. The molecule has 0 bridgehead atoms. The Morgan fingerprint density at radius 3 is 2.34 bits per heavy atom. The predicted molar refractivity (Wildman–Crippen MR) is 156 cm³/mol. The van der Waals surface area contributed by atoms with Gasteiger partial charge < -0.3 is 9.47 Å². The van der Waals surface area contributed by atoms with Crippen LogP contribution >= 0.6 is 11.6 Å². The fraction of sp³-hybridized carbons (Fsp3) is 0.667. The number of hydrogen-bond acceptors (Lipinski definition) is 4. The summed E-state index contributed by atoms with van der Waals surface area (Å²) in [4.78, 5) is 14.7. The summed E-state index contributed by atoms with van der Waals surface area (Å²) in [5, 5.41) is 3.02. The number of nitrogens with zero attached hydrogens (tertiary/aromatic N) is 1. The Bertz CT molecular complexity index is 1110. The number of hydrogen-bond donors (Lipinski definition) is 0. The van der Waals surface area contributed by atoms with Crippen molar-refractivity contribution in [1.29, 1.82) is 0 Å². The summed E-state index contributed by atoms with van der Waals surface area (Å²) in [6, 6.07) is 10.5. The van der Waals surface area contributed by atoms with Crippen LogP contribution < -0.4 is 4.74 Å². The standard InChI is InChI=1S/C33H46ClNO3/c1-5-37-32(36)23-14-16-35(17-15-23)21-29-27-8-6-7-9-28(27)30(34)19-31(29)38-26-12-10-25(11-13-26)33(3,4)20-24-18-22(24)2/h6-9,19,22-26H,5,10-18,20-21H2,1-4H3/t22?,24-,25?,26?/m1/s1. The van der Waals surface area contributed by atoms with E-state index in [0.717, 1.165) is 79.2 Å². The van der Waals surface area contributed by atoms with Crippen LogP contribution in [0, 0.1) is 29.1 Å². The van der Waals surface area contributed by atoms with Crippen molar-refractivity contribution >= 4 is 28.3 Å². The topological polar surface area (TPSA) is 38.8 Å². The lowest BCUT2D eigenvalue weighted by Gasteiger charge is -2.40. The van der Waals surface area contributed by atoms with Gasteiger partial charge in [0.2, 0.25) is 0 Å². The average molecular weight is 540 g/mol. The van der Waals surface area contributed by atoms with E-state index in [0.29, 0.717) is 12.0 Å². The predicted octanol–water partition coefficient (Wildman–Crippen LogP) is 8.28. The van der Waals surface area contributed by atoms with Gasteiger partial charge in [0.1, 0.15) is 5.75 Å². The zero-order valence-corrected chi connectivity index (χ0v) is 24.6. The van der Waals surface area contributed by atoms with E-state index in [1.807, 2.05) is 6.92 Å². The molecule has 2 saturated carbocycles. The second kappa shape index (κ2) is 11.8. The molecule has 2 aliphatic carbocycles. The minimum absolute atomic E-state index is 0.0199. The van der Waals surface area contributed by atoms with Gasteiger partial charge >= 0.3 is 5.97 Å². The fourth-order valence-electron chi connectivity index (χ4n) is 7.11. The van der Waals surface area contributed by atoms with E-state index in [1.165, 1.54) is 36.6 Å². The zero-order valence-electron chi connectivity index (χ0n) is 23.8. The van der Waals surface area contributed by atoms with Crippen LogP contribution in [0.25, 0.3) is 10.8 Å². The number of carbonyl (C=O) groups is 1. The third-order valence-corrected chi connectivity index (χ3v) is 10.1. The highest BCUT2D eigenvalue weighted by Gasteiger charge is 2.41. The molecule has 3 fully saturated rings. The zero-order chi connectivity index (χ0) is 26.9. The van der Waals surface area contributed by atoms with Crippen molar-refractivity contribution in [1.82, 2.24) is 4.90 Å². The lowest BCUT2D eigenvalue weighted by molar-refractivity contribution is -0.149. The smallest absolute Gasteiger partial charge is 0.309 e. The molecule has 0 N–H and O–H groups in total. The minimum Gasteiger partial charge on any atom is -0.490 e. The molecule has 1 saturated heterocycles. The maximum atomic E-state index is 12.2. The average Bonchev–Trinajstić information content (AvgIpc) is 3.60. The summed E-state index contributed by atoms with van der Waals surface area (Å²) in [7, 11) is 0. The normalized spacial score (nSPS) is 26.9. The van der Waals surface area contributed by atoms with Crippen molar-refractivity contribution in [2.45, 2.75) is 91.7 Å². The van der Waals surface area contributed by atoms with Crippen LogP contribution in [0.5, 0.6) is 5.75 Å². The number of piperidine rings is 1. The fourth-order valence-corrected chi connectivity index (χ4v) is 7.38. The molecule has 2 aromatic carbocycles. The van der Waals surface area contributed by atoms with Crippen LogP contribution in [0.1, 0.15) is 84.6 Å². The lowest BCUT2D eigenvalue weighted by atomic mass is 9.68. The molecule has 0 radical (unpaired) electrons. The molecule has 3 aliphatic rings. The van der Waals surface area contributed by atoms with E-state index >= 15 is 0 Å². The highest BCUT2D eigenvalue weighted by atomic mass is 35.5. The van der Waals surface area contributed by atoms with Gasteiger partial charge in [-0.1, -0.05) is 56.6 Å². The van der Waals surface area contributed by atoms with Crippen molar-refractivity contribution in [2.75, 3.05) is 19.7 Å². The van der Waals surface area contributed by atoms with Gasteiger partial charge in [0, 0.05) is 17.5 Å². The summed E-state index contributed by atoms with van der Waals surface area (Å²) in [6.45, 7) is 12.3. The summed E-state index contributed by atoms with van der Waals surface area (Å²) in [5.74, 6) is 3.58. The van der Waals surface area contributed by atoms with E-state index in [-0.39, 0.29) is 18.0 Å². The van der Waals surface area contributed by atoms with Crippen molar-refractivity contribution in [2.24, 2.45) is 29.1 Å². The quantitative estimate of drug-likeness (QED) is 0.300. The molecular weight excluding hydrogens is 494 g/mol. The second-order valence-corrected chi connectivity index (χ2v) is 13.3. The number of carbonyl (C=O) groups excluding carboxylic acids is 1. The summed E-state index contributed by atoms with van der Waals surface area (Å²) in [6.07, 6.45) is 9.46. The maximum Gasteiger partial charge on any atom is 0.309 e. The molecule has 5 heteroatoms. The van der Waals surface area contributed by atoms with Gasteiger partial charge in [-0.3, -0.25) is 9.69 Å². The minimum atomic E-state index is -0.0430. The van der Waals surface area contributed by atoms with E-state index in [9.17, 15) is 4.79 Å². The van der Waals surface area contributed by atoms with E-state index in [1.54, 1.807) is 0 Å². The Labute approximate surface area is 234 Å². The Balaban J connectivity index is 1.27. The lowest BCUT2D eigenvalue weighted by Crippen LogP contribution is -2.37. The first-order valence-electron chi connectivity index (χ1n) is 15.0. The molecule has 1 unspecified atom stereocenters. The van der Waals surface area contributed by atoms with Crippen molar-refractivity contribution in [3.8, 4) is 5.75 Å². The maximum absolute atomic E-state index is 12.2. The third-order valence-electron chi connectivity index (χ3n) is 9.79. The largest absolute Gasteiger partial charge is 0.490 e. The van der Waals surface area contributed by atoms with Gasteiger partial charge in [-0.25, -0.2) is 0 Å². The van der Waals surface area contributed by atoms with Crippen LogP contribution in [0.3, 0.4) is 0 Å². The number of halogens is 1. The number of ether oxygens (including phenoxy) is 2. The molecule has 2 atom stereocenters. The number of fused-ring (bicyclic) bond motifs is 1. The third kappa shape index (κ3) is 6.33. The van der Waals surface area contributed by atoms with Gasteiger partial charge in [0.15, 0.2) is 0 Å². The molecular formula is C33H46ClNO3. The first-order valence-corrected chi connectivity index (χ1v) is 15.4. The monoisotopic (exact) mass is 539 g/mol. The SMILES string of the molecule is CCOC(=O)C1CCN(Cc2c(OC3CCC(C(C)(C)C[C@H]4CC4C)CC3)cc(Cl)c3ccccc23)CC1. The van der Waals surface area contributed by atoms with E-state index < -0.39 is 0 Å². The van der Waals surface area contributed by atoms with Gasteiger partial charge in [0.25, 0.3) is 0 Å². The molecule has 1 heterocycles. The number of esters is 1. The van der Waals surface area contributed by atoms with Crippen LogP contribution in [-0.2, 0) is 16.1 Å². The van der Waals surface area contributed by atoms with Gasteiger partial charge in [-0.15, -0.1) is 0 Å². The molecule has 4 nitrogen and oxygen atoms in total. The highest BCUT2D eigenvalue weighted by molar-refractivity contribution is 6.35. The Morgan fingerprint density at radius 1 is 1.05 bits per heavy atom. The second-order valence-electron chi connectivity index (χ2n) is 12.9. The number of rotatable bonds is 9. The molecule has 0 aromatic heterocycles. The number of likely N-dealkylation sites (tertiary alicyclic amines) is 1. The molecule has 2 aromatic rings. The van der Waals surface area contributed by atoms with Crippen LogP contribution in [0.15, 0.2) is 30.3 Å². The van der Waals surface area contributed by atoms with Crippen molar-refractivity contribution < 1.29 is 14.3 Å². The van der Waals surface area contributed by atoms with Gasteiger partial charge in [-0.05, 0) is 106 Å². The Kier molecular flexibility index (Phi) is 8.60. The first-order chi connectivity index (χ1) is 18.2. The first kappa shape index (κ1) is 27.8. The van der Waals surface area contributed by atoms with Crippen molar-refractivity contribution in [3.05, 3.63) is 40.9 Å². The molecule has 38 heavy (non-hydrogen) atoms. The highest BCUT2D eigenvalue weighted by Crippen LogP contribution is 2.51. The summed E-state index contributed by atoms with van der Waals surface area (Å²) in [5.41, 5.74) is 1.65. The molecule has 208 valence electrons. The van der Waals surface area contributed by atoms with E-state index in [2.05, 4.69) is 56.0 Å². The molecule has 0 spiro atoms. The number of benzene rings is 2. The molecule has 5 rings (SSSR count). The Hall–Kier alpha value is -1.78. The van der Waals surface area contributed by atoms with Gasteiger partial charge in [-0.2, -0.15) is 0 Å². The molecule has 0 amide bonds. The van der Waals surface area contributed by atoms with Crippen molar-refractivity contribution in [3.63, 3.8) is 0 Å². The van der Waals surface area contributed by atoms with E-state index in [4.69, 9.17) is 21.1 Å². The van der Waals surface area contributed by atoms with Gasteiger partial charge in [0.05, 0.1) is 23.7 Å². The van der Waals surface area contributed by atoms with Crippen LogP contribution in [-0.4, -0.2) is 36.7 Å². The summed E-state index contributed by atoms with van der Waals surface area (Å²) < 4.78 is 12.1. The van der Waals surface area contributed by atoms with Crippen LogP contribution in [0.4, 0.5) is 0 Å². The molecule has 1 aliphatic heterocycles. The summed E-state index contributed by atoms with van der Waals surface area (Å²) >= 11 is 6.78.